The van der Waals surface area contributed by atoms with E-state index in [-0.39, 0.29) is 6.10 Å². The molecule has 1 atom stereocenters. The van der Waals surface area contributed by atoms with Gasteiger partial charge in [-0.1, -0.05) is 20.8 Å². The van der Waals surface area contributed by atoms with E-state index in [1.165, 1.54) is 0 Å². The summed E-state index contributed by atoms with van der Waals surface area (Å²) in [5.74, 6) is 0. The molecule has 0 aliphatic carbocycles. The lowest BCUT2D eigenvalue weighted by atomic mass is 10.4. The Kier molecular flexibility index (Phi) is 14.0. The Labute approximate surface area is 58.3 Å². The van der Waals surface area contributed by atoms with Gasteiger partial charge in [0.05, 0.1) is 6.10 Å². The average Bonchev–Trinajstić information content (AvgIpc) is 1.88. The molecule has 0 fully saturated rings. The van der Waals surface area contributed by atoms with Gasteiger partial charge in [-0.05, 0) is 13.5 Å². The normalized spacial score (nSPS) is 11.7. The minimum absolute atomic E-state index is 0.208. The predicted octanol–water partition coefficient (Wildman–Crippen LogP) is 1.00. The fraction of sp³-hybridized carbons (Fsp3) is 1.00. The van der Waals surface area contributed by atoms with Gasteiger partial charge in [-0.3, -0.25) is 0 Å². The van der Waals surface area contributed by atoms with Crippen LogP contribution in [-0.2, 0) is 0 Å². The SMILES string of the molecule is CC.CCNC[C@H](C)O. The molecule has 0 aliphatic rings. The monoisotopic (exact) mass is 133 g/mol. The highest BCUT2D eigenvalue weighted by Crippen LogP contribution is 1.71. The number of aliphatic hydroxyl groups excluding tert-OH is 1. The van der Waals surface area contributed by atoms with Gasteiger partial charge in [-0.25, -0.2) is 0 Å². The highest BCUT2D eigenvalue weighted by molar-refractivity contribution is 4.48. The second kappa shape index (κ2) is 10.8. The van der Waals surface area contributed by atoms with Gasteiger partial charge < -0.3 is 10.4 Å². The van der Waals surface area contributed by atoms with E-state index in [0.717, 1.165) is 6.54 Å². The Hall–Kier alpha value is -0.0800. The number of likely N-dealkylation sites (N-methyl/N-ethyl adjacent to an activating group) is 1. The number of nitrogens with one attached hydrogen (secondary N) is 1. The number of rotatable bonds is 3. The third kappa shape index (κ3) is 18.1. The lowest BCUT2D eigenvalue weighted by Crippen LogP contribution is -2.23. The van der Waals surface area contributed by atoms with Crippen molar-refractivity contribution >= 4 is 0 Å². The topological polar surface area (TPSA) is 32.3 Å². The molecule has 0 unspecified atom stereocenters. The summed E-state index contributed by atoms with van der Waals surface area (Å²) in [5.41, 5.74) is 0. The van der Waals surface area contributed by atoms with Crippen molar-refractivity contribution in [2.75, 3.05) is 13.1 Å². The Balaban J connectivity index is 0. The van der Waals surface area contributed by atoms with Gasteiger partial charge in [-0.15, -0.1) is 0 Å². The lowest BCUT2D eigenvalue weighted by Gasteiger charge is -2.01. The van der Waals surface area contributed by atoms with E-state index in [1.807, 2.05) is 20.8 Å². The summed E-state index contributed by atoms with van der Waals surface area (Å²) in [7, 11) is 0. The summed E-state index contributed by atoms with van der Waals surface area (Å²) >= 11 is 0. The van der Waals surface area contributed by atoms with Crippen LogP contribution in [0.2, 0.25) is 0 Å². The van der Waals surface area contributed by atoms with E-state index in [4.69, 9.17) is 5.11 Å². The van der Waals surface area contributed by atoms with Gasteiger partial charge in [0.25, 0.3) is 0 Å². The van der Waals surface area contributed by atoms with Crippen LogP contribution in [0.4, 0.5) is 0 Å². The second-order valence-corrected chi connectivity index (χ2v) is 1.66. The van der Waals surface area contributed by atoms with Crippen molar-refractivity contribution in [3.05, 3.63) is 0 Å². The van der Waals surface area contributed by atoms with E-state index >= 15 is 0 Å². The first-order valence-corrected chi connectivity index (χ1v) is 3.66. The van der Waals surface area contributed by atoms with Crippen LogP contribution in [0.3, 0.4) is 0 Å². The molecule has 2 heteroatoms. The summed E-state index contributed by atoms with van der Waals surface area (Å²) < 4.78 is 0. The van der Waals surface area contributed by atoms with Crippen LogP contribution in [-0.4, -0.2) is 24.3 Å². The van der Waals surface area contributed by atoms with Crippen LogP contribution in [0.25, 0.3) is 0 Å². The second-order valence-electron chi connectivity index (χ2n) is 1.66. The Bertz CT molecular complexity index is 37.9. The van der Waals surface area contributed by atoms with Crippen molar-refractivity contribution in [1.29, 1.82) is 0 Å². The largest absolute Gasteiger partial charge is 0.392 e. The molecular formula is C7H19NO. The van der Waals surface area contributed by atoms with Crippen molar-refractivity contribution in [3.63, 3.8) is 0 Å². The zero-order valence-corrected chi connectivity index (χ0v) is 6.94. The van der Waals surface area contributed by atoms with Crippen LogP contribution < -0.4 is 5.32 Å². The maximum Gasteiger partial charge on any atom is 0.0636 e. The molecule has 0 bridgehead atoms. The van der Waals surface area contributed by atoms with Crippen molar-refractivity contribution in [1.82, 2.24) is 5.32 Å². The van der Waals surface area contributed by atoms with Crippen molar-refractivity contribution in [2.45, 2.75) is 33.8 Å². The standard InChI is InChI=1S/C5H13NO.C2H6/c1-3-6-4-5(2)7;1-2/h5-7H,3-4H2,1-2H3;1-2H3/t5-;/m0./s1. The molecule has 2 nitrogen and oxygen atoms in total. The van der Waals surface area contributed by atoms with E-state index in [9.17, 15) is 0 Å². The van der Waals surface area contributed by atoms with Gasteiger partial charge in [0, 0.05) is 6.54 Å². The molecule has 0 aromatic carbocycles. The predicted molar refractivity (Wildman–Crippen MR) is 41.6 cm³/mol. The fourth-order valence-electron chi connectivity index (χ4n) is 0.353. The maximum absolute atomic E-state index is 8.62. The van der Waals surface area contributed by atoms with Gasteiger partial charge in [-0.2, -0.15) is 0 Å². The number of hydrogen-bond acceptors (Lipinski definition) is 2. The van der Waals surface area contributed by atoms with Gasteiger partial charge >= 0.3 is 0 Å². The summed E-state index contributed by atoms with van der Waals surface area (Å²) in [6.45, 7) is 9.42. The van der Waals surface area contributed by atoms with Crippen LogP contribution in [0.15, 0.2) is 0 Å². The zero-order chi connectivity index (χ0) is 7.70. The van der Waals surface area contributed by atoms with E-state index in [0.29, 0.717) is 6.54 Å². The van der Waals surface area contributed by atoms with Crippen molar-refractivity contribution in [2.24, 2.45) is 0 Å². The molecule has 0 radical (unpaired) electrons. The summed E-state index contributed by atoms with van der Waals surface area (Å²) in [4.78, 5) is 0. The molecule has 0 aromatic heterocycles. The summed E-state index contributed by atoms with van der Waals surface area (Å²) in [5, 5.41) is 11.6. The third-order valence-corrected chi connectivity index (χ3v) is 0.690. The first-order valence-electron chi connectivity index (χ1n) is 3.66. The molecule has 0 amide bonds. The van der Waals surface area contributed by atoms with Crippen molar-refractivity contribution in [3.8, 4) is 0 Å². The molecule has 0 saturated heterocycles. The Morgan fingerprint density at radius 1 is 1.44 bits per heavy atom. The minimum Gasteiger partial charge on any atom is -0.392 e. The molecule has 0 aliphatic heterocycles. The van der Waals surface area contributed by atoms with Crippen LogP contribution in [0.5, 0.6) is 0 Å². The zero-order valence-electron chi connectivity index (χ0n) is 6.94. The number of hydrogen-bond donors (Lipinski definition) is 2. The molecule has 0 saturated carbocycles. The van der Waals surface area contributed by atoms with E-state index < -0.39 is 0 Å². The Morgan fingerprint density at radius 3 is 2.00 bits per heavy atom. The molecule has 0 rings (SSSR count). The van der Waals surface area contributed by atoms with Gasteiger partial charge in [0.2, 0.25) is 0 Å². The quantitative estimate of drug-likeness (QED) is 0.602. The summed E-state index contributed by atoms with van der Waals surface area (Å²) in [6, 6.07) is 0. The molecule has 0 aromatic rings. The van der Waals surface area contributed by atoms with E-state index in [1.54, 1.807) is 6.92 Å². The van der Waals surface area contributed by atoms with E-state index in [2.05, 4.69) is 5.32 Å². The smallest absolute Gasteiger partial charge is 0.0636 e. The van der Waals surface area contributed by atoms with Crippen LogP contribution in [0.1, 0.15) is 27.7 Å². The van der Waals surface area contributed by atoms with Gasteiger partial charge in [0.15, 0.2) is 0 Å². The molecule has 2 N–H and O–H groups in total. The molecular weight excluding hydrogens is 114 g/mol. The van der Waals surface area contributed by atoms with Crippen LogP contribution in [0, 0.1) is 0 Å². The maximum atomic E-state index is 8.62. The highest BCUT2D eigenvalue weighted by atomic mass is 16.3. The number of aliphatic hydroxyl groups is 1. The van der Waals surface area contributed by atoms with Crippen molar-refractivity contribution < 1.29 is 5.11 Å². The summed E-state index contributed by atoms with van der Waals surface area (Å²) in [6.07, 6.45) is -0.208. The van der Waals surface area contributed by atoms with Crippen LogP contribution >= 0.6 is 0 Å². The third-order valence-electron chi connectivity index (χ3n) is 0.690. The molecule has 0 heterocycles. The minimum atomic E-state index is -0.208. The highest BCUT2D eigenvalue weighted by Gasteiger charge is 1.88. The fourth-order valence-corrected chi connectivity index (χ4v) is 0.353. The first-order chi connectivity index (χ1) is 4.27. The Morgan fingerprint density at radius 2 is 1.89 bits per heavy atom. The molecule has 58 valence electrons. The first kappa shape index (κ1) is 11.7. The lowest BCUT2D eigenvalue weighted by molar-refractivity contribution is 0.192. The molecule has 9 heavy (non-hydrogen) atoms. The van der Waals surface area contributed by atoms with Gasteiger partial charge in [0.1, 0.15) is 0 Å². The average molecular weight is 133 g/mol. The molecule has 0 spiro atoms.